The van der Waals surface area contributed by atoms with E-state index in [2.05, 4.69) is 10.3 Å². The number of nitriles is 1. The zero-order valence-corrected chi connectivity index (χ0v) is 16.0. The Labute approximate surface area is 167 Å². The minimum absolute atomic E-state index is 0.0393. The van der Waals surface area contributed by atoms with Crippen LogP contribution in [0, 0.1) is 11.5 Å². The molecule has 0 aliphatic carbocycles. The summed E-state index contributed by atoms with van der Waals surface area (Å²) in [5, 5.41) is 11.1. The molecule has 1 unspecified atom stereocenters. The fraction of sp³-hybridized carbons (Fsp3) is 0.200. The van der Waals surface area contributed by atoms with Gasteiger partial charge in [-0.1, -0.05) is 30.0 Å². The van der Waals surface area contributed by atoms with E-state index in [-0.39, 0.29) is 23.4 Å². The fourth-order valence-corrected chi connectivity index (χ4v) is 3.68. The number of carbonyl (C=O) groups is 2. The molecule has 1 atom stereocenters. The van der Waals surface area contributed by atoms with E-state index in [1.807, 2.05) is 31.3 Å². The molecule has 28 heavy (non-hydrogen) atoms. The van der Waals surface area contributed by atoms with Crippen LogP contribution in [0.25, 0.3) is 0 Å². The Morgan fingerprint density at radius 2 is 1.96 bits per heavy atom. The molecule has 0 saturated carbocycles. The fourth-order valence-electron chi connectivity index (χ4n) is 2.71. The molecule has 3 rings (SSSR count). The lowest BCUT2D eigenvalue weighted by molar-refractivity contribution is -0.121. The van der Waals surface area contributed by atoms with Crippen molar-refractivity contribution < 1.29 is 14.3 Å². The Balaban J connectivity index is 1.76. The number of benzene rings is 2. The lowest BCUT2D eigenvalue weighted by Crippen LogP contribution is -2.32. The van der Waals surface area contributed by atoms with Gasteiger partial charge in [0.1, 0.15) is 11.0 Å². The van der Waals surface area contributed by atoms with Crippen LogP contribution in [0.1, 0.15) is 13.3 Å². The largest absolute Gasteiger partial charge is 0.494 e. The van der Waals surface area contributed by atoms with Gasteiger partial charge in [-0.3, -0.25) is 14.9 Å². The summed E-state index contributed by atoms with van der Waals surface area (Å²) in [6.45, 7) is 2.42. The van der Waals surface area contributed by atoms with Crippen LogP contribution in [0.4, 0.5) is 11.4 Å². The maximum absolute atomic E-state index is 12.8. The Hall–Kier alpha value is -3.31. The second-order valence-corrected chi connectivity index (χ2v) is 6.99. The predicted molar refractivity (Wildman–Crippen MR) is 108 cm³/mol. The van der Waals surface area contributed by atoms with E-state index in [9.17, 15) is 9.59 Å². The number of amidine groups is 1. The molecule has 1 heterocycles. The zero-order chi connectivity index (χ0) is 19.9. The number of para-hydroxylation sites is 1. The van der Waals surface area contributed by atoms with Crippen molar-refractivity contribution in [2.24, 2.45) is 4.99 Å². The van der Waals surface area contributed by atoms with Crippen molar-refractivity contribution in [3.8, 4) is 11.9 Å². The number of anilines is 1. The quantitative estimate of drug-likeness (QED) is 0.275. The van der Waals surface area contributed by atoms with Crippen molar-refractivity contribution in [1.82, 2.24) is 5.32 Å². The first-order valence-corrected chi connectivity index (χ1v) is 9.55. The lowest BCUT2D eigenvalue weighted by atomic mass is 10.3. The molecular formula is C20H18N4O3S. The van der Waals surface area contributed by atoms with Crippen LogP contribution in [0.5, 0.6) is 5.75 Å². The van der Waals surface area contributed by atoms with E-state index in [4.69, 9.17) is 10.00 Å². The molecule has 1 aliphatic rings. The summed E-state index contributed by atoms with van der Waals surface area (Å²) in [6.07, 6.45) is 1.86. The second kappa shape index (κ2) is 9.06. The van der Waals surface area contributed by atoms with Gasteiger partial charge in [0.05, 0.1) is 18.0 Å². The summed E-state index contributed by atoms with van der Waals surface area (Å²) in [7, 11) is 0. The van der Waals surface area contributed by atoms with Crippen molar-refractivity contribution in [3.05, 3.63) is 54.6 Å². The van der Waals surface area contributed by atoms with E-state index in [1.165, 1.54) is 4.90 Å². The monoisotopic (exact) mass is 394 g/mol. The number of aliphatic imine (C=N–C) groups is 1. The standard InChI is InChI=1S/C20H18N4O3S/c1-2-27-16-10-8-15(9-11-16)24-18(25)12-17(19(24)26)28-20(22-13-21)23-14-6-4-3-5-7-14/h3-11,17H,2,12H2,1H3,(H,22,23). The topological polar surface area (TPSA) is 94.8 Å². The van der Waals surface area contributed by atoms with E-state index in [1.54, 1.807) is 36.4 Å². The third-order valence-corrected chi connectivity index (χ3v) is 4.98. The number of rotatable bonds is 5. The van der Waals surface area contributed by atoms with Gasteiger partial charge in [-0.2, -0.15) is 5.26 Å². The molecule has 0 bridgehead atoms. The van der Waals surface area contributed by atoms with Crippen molar-refractivity contribution in [1.29, 1.82) is 5.26 Å². The van der Waals surface area contributed by atoms with E-state index >= 15 is 0 Å². The summed E-state index contributed by atoms with van der Waals surface area (Å²) in [4.78, 5) is 30.8. The summed E-state index contributed by atoms with van der Waals surface area (Å²) in [5.41, 5.74) is 1.14. The summed E-state index contributed by atoms with van der Waals surface area (Å²) >= 11 is 1.07. The van der Waals surface area contributed by atoms with Gasteiger partial charge >= 0.3 is 0 Å². The minimum Gasteiger partial charge on any atom is -0.494 e. The van der Waals surface area contributed by atoms with Crippen LogP contribution >= 0.6 is 11.8 Å². The van der Waals surface area contributed by atoms with Crippen LogP contribution in [0.15, 0.2) is 59.6 Å². The zero-order valence-electron chi connectivity index (χ0n) is 15.2. The minimum atomic E-state index is -0.651. The van der Waals surface area contributed by atoms with Gasteiger partial charge in [0.2, 0.25) is 11.8 Å². The smallest absolute Gasteiger partial charge is 0.247 e. The molecule has 1 saturated heterocycles. The van der Waals surface area contributed by atoms with Crippen LogP contribution in [-0.4, -0.2) is 28.8 Å². The highest BCUT2D eigenvalue weighted by molar-refractivity contribution is 8.15. The molecule has 0 aromatic heterocycles. The van der Waals surface area contributed by atoms with Crippen LogP contribution in [0.2, 0.25) is 0 Å². The van der Waals surface area contributed by atoms with Gasteiger partial charge in [0.15, 0.2) is 11.4 Å². The first-order chi connectivity index (χ1) is 13.6. The predicted octanol–water partition coefficient (Wildman–Crippen LogP) is 3.21. The van der Waals surface area contributed by atoms with Crippen LogP contribution in [0.3, 0.4) is 0 Å². The lowest BCUT2D eigenvalue weighted by Gasteiger charge is -2.15. The van der Waals surface area contributed by atoms with Crippen molar-refractivity contribution >= 4 is 40.1 Å². The molecule has 0 radical (unpaired) electrons. The number of thioether (sulfide) groups is 1. The van der Waals surface area contributed by atoms with Gasteiger partial charge in [0.25, 0.3) is 0 Å². The van der Waals surface area contributed by atoms with Crippen LogP contribution in [-0.2, 0) is 9.59 Å². The van der Waals surface area contributed by atoms with Gasteiger partial charge in [0, 0.05) is 6.42 Å². The maximum atomic E-state index is 12.8. The molecule has 1 fully saturated rings. The van der Waals surface area contributed by atoms with E-state index in [0.29, 0.717) is 23.7 Å². The molecular weight excluding hydrogens is 376 g/mol. The molecule has 8 heteroatoms. The summed E-state index contributed by atoms with van der Waals surface area (Å²) in [6, 6.07) is 15.9. The highest BCUT2D eigenvalue weighted by Crippen LogP contribution is 2.31. The van der Waals surface area contributed by atoms with Gasteiger partial charge < -0.3 is 4.74 Å². The highest BCUT2D eigenvalue weighted by atomic mass is 32.2. The summed E-state index contributed by atoms with van der Waals surface area (Å²) < 4.78 is 5.39. The number of nitrogens with zero attached hydrogens (tertiary/aromatic N) is 3. The Morgan fingerprint density at radius 1 is 1.25 bits per heavy atom. The summed E-state index contributed by atoms with van der Waals surface area (Å²) in [5.74, 6) is 0.0501. The average Bonchev–Trinajstić information content (AvgIpc) is 2.97. The van der Waals surface area contributed by atoms with E-state index < -0.39 is 5.25 Å². The van der Waals surface area contributed by atoms with Gasteiger partial charge in [-0.25, -0.2) is 9.89 Å². The number of ether oxygens (including phenoxy) is 1. The Bertz CT molecular complexity index is 923. The number of hydrogen-bond acceptors (Lipinski definition) is 6. The number of carbonyl (C=O) groups excluding carboxylic acids is 2. The SMILES string of the molecule is CCOc1ccc(N2C(=O)CC(SC(=Nc3ccccc3)NC#N)C2=O)cc1. The number of imide groups is 1. The molecule has 0 spiro atoms. The van der Waals surface area contributed by atoms with Gasteiger partial charge in [-0.05, 0) is 43.3 Å². The molecule has 2 amide bonds. The highest BCUT2D eigenvalue weighted by Gasteiger charge is 2.40. The number of amides is 2. The molecule has 1 N–H and O–H groups in total. The van der Waals surface area contributed by atoms with Crippen molar-refractivity contribution in [3.63, 3.8) is 0 Å². The average molecular weight is 394 g/mol. The molecule has 142 valence electrons. The van der Waals surface area contributed by atoms with Crippen molar-refractivity contribution in [2.45, 2.75) is 18.6 Å². The maximum Gasteiger partial charge on any atom is 0.247 e. The Morgan fingerprint density at radius 3 is 2.61 bits per heavy atom. The van der Waals surface area contributed by atoms with Crippen molar-refractivity contribution in [2.75, 3.05) is 11.5 Å². The van der Waals surface area contributed by atoms with Gasteiger partial charge in [-0.15, -0.1) is 0 Å². The molecule has 2 aromatic carbocycles. The van der Waals surface area contributed by atoms with Crippen LogP contribution < -0.4 is 15.0 Å². The number of nitrogens with one attached hydrogen (secondary N) is 1. The molecule has 7 nitrogen and oxygen atoms in total. The van der Waals surface area contributed by atoms with E-state index in [0.717, 1.165) is 11.8 Å². The number of hydrogen-bond donors (Lipinski definition) is 1. The molecule has 2 aromatic rings. The first-order valence-electron chi connectivity index (χ1n) is 8.67. The molecule has 1 aliphatic heterocycles. The first kappa shape index (κ1) is 19.5. The normalized spacial score (nSPS) is 16.8. The second-order valence-electron chi connectivity index (χ2n) is 5.79. The third kappa shape index (κ3) is 4.50. The Kier molecular flexibility index (Phi) is 6.29. The third-order valence-electron chi connectivity index (χ3n) is 3.91.